The minimum Gasteiger partial charge on any atom is -0.321 e. The smallest absolute Gasteiger partial charge is 0.305 e. The number of nitrogens with one attached hydrogen (secondary N) is 1. The maximum atomic E-state index is 13.2. The number of halogens is 1. The van der Waals surface area contributed by atoms with Crippen LogP contribution in [0.5, 0.6) is 0 Å². The average Bonchev–Trinajstić information content (AvgIpc) is 2.43. The molecule has 0 atom stereocenters. The predicted molar refractivity (Wildman–Crippen MR) is 72.7 cm³/mol. The maximum absolute atomic E-state index is 13.2. The summed E-state index contributed by atoms with van der Waals surface area (Å²) in [5.41, 5.74) is -0.737. The lowest BCUT2D eigenvalue weighted by molar-refractivity contribution is -0.387. The Balaban J connectivity index is 2.28. The molecule has 2 aromatic rings. The van der Waals surface area contributed by atoms with E-state index in [1.807, 2.05) is 0 Å². The fraction of sp³-hybridized carbons (Fsp3) is 0.0769. The number of nitro groups is 1. The molecule has 1 aromatic heterocycles. The van der Waals surface area contributed by atoms with Crippen molar-refractivity contribution in [3.63, 3.8) is 0 Å². The van der Waals surface area contributed by atoms with Crippen molar-refractivity contribution in [1.82, 2.24) is 4.57 Å². The van der Waals surface area contributed by atoms with Gasteiger partial charge in [0.1, 0.15) is 0 Å². The van der Waals surface area contributed by atoms with Crippen molar-refractivity contribution in [1.29, 1.82) is 0 Å². The van der Waals surface area contributed by atoms with Crippen LogP contribution in [0.3, 0.4) is 0 Å². The number of carbonyl (C=O) groups is 1. The Bertz CT molecular complexity index is 785. The quantitative estimate of drug-likeness (QED) is 0.687. The third-order valence-corrected chi connectivity index (χ3v) is 2.75. The summed E-state index contributed by atoms with van der Waals surface area (Å²) in [7, 11) is 1.51. The third kappa shape index (κ3) is 3.11. The highest BCUT2D eigenvalue weighted by atomic mass is 19.1. The second kappa shape index (κ2) is 5.53. The van der Waals surface area contributed by atoms with E-state index in [2.05, 4.69) is 5.32 Å². The molecule has 0 unspecified atom stereocenters. The average molecular weight is 291 g/mol. The van der Waals surface area contributed by atoms with Gasteiger partial charge in [0.25, 0.3) is 5.91 Å². The highest BCUT2D eigenvalue weighted by Crippen LogP contribution is 2.19. The van der Waals surface area contributed by atoms with Crippen LogP contribution in [0.15, 0.2) is 41.3 Å². The lowest BCUT2D eigenvalue weighted by Crippen LogP contribution is -2.18. The Morgan fingerprint density at radius 1 is 1.33 bits per heavy atom. The molecule has 21 heavy (non-hydrogen) atoms. The number of aryl methyl sites for hydroxylation is 1. The molecule has 1 aromatic carbocycles. The van der Waals surface area contributed by atoms with Crippen molar-refractivity contribution in [2.24, 2.45) is 7.05 Å². The molecule has 2 rings (SSSR count). The van der Waals surface area contributed by atoms with E-state index in [0.717, 1.165) is 18.2 Å². The molecule has 0 aliphatic heterocycles. The molecule has 108 valence electrons. The standard InChI is InChI=1S/C13H10FN3O4/c1-16-7-9(3-5-12(16)18)15-13(19)8-2-4-10(14)11(6-8)17(20)21/h2-7H,1H3,(H,15,19). The number of nitro benzene ring substituents is 1. The van der Waals surface area contributed by atoms with Crippen LogP contribution < -0.4 is 10.9 Å². The van der Waals surface area contributed by atoms with Gasteiger partial charge in [-0.05, 0) is 18.2 Å². The first kappa shape index (κ1) is 14.4. The van der Waals surface area contributed by atoms with E-state index in [-0.39, 0.29) is 11.1 Å². The largest absolute Gasteiger partial charge is 0.321 e. The van der Waals surface area contributed by atoms with Crippen LogP contribution in [-0.4, -0.2) is 15.4 Å². The summed E-state index contributed by atoms with van der Waals surface area (Å²) >= 11 is 0. The van der Waals surface area contributed by atoms with Gasteiger partial charge < -0.3 is 9.88 Å². The summed E-state index contributed by atoms with van der Waals surface area (Å²) in [5.74, 6) is -1.66. The molecule has 0 saturated carbocycles. The summed E-state index contributed by atoms with van der Waals surface area (Å²) < 4.78 is 14.5. The van der Waals surface area contributed by atoms with Crippen LogP contribution in [0.4, 0.5) is 15.8 Å². The number of hydrogen-bond donors (Lipinski definition) is 1. The maximum Gasteiger partial charge on any atom is 0.305 e. The van der Waals surface area contributed by atoms with Crippen molar-refractivity contribution in [3.8, 4) is 0 Å². The van der Waals surface area contributed by atoms with E-state index < -0.39 is 22.3 Å². The molecule has 1 amide bonds. The zero-order valence-corrected chi connectivity index (χ0v) is 10.9. The minimum atomic E-state index is -1.02. The Morgan fingerprint density at radius 2 is 2.05 bits per heavy atom. The zero-order chi connectivity index (χ0) is 15.6. The Labute approximate surface area is 117 Å². The van der Waals surface area contributed by atoms with E-state index >= 15 is 0 Å². The molecule has 1 N–H and O–H groups in total. The molecule has 0 bridgehead atoms. The van der Waals surface area contributed by atoms with Crippen molar-refractivity contribution < 1.29 is 14.1 Å². The lowest BCUT2D eigenvalue weighted by Gasteiger charge is -2.06. The van der Waals surface area contributed by atoms with E-state index in [1.54, 1.807) is 0 Å². The van der Waals surface area contributed by atoms with Gasteiger partial charge in [0.2, 0.25) is 11.4 Å². The number of amides is 1. The van der Waals surface area contributed by atoms with Gasteiger partial charge in [0.15, 0.2) is 0 Å². The molecule has 1 heterocycles. The molecular formula is C13H10FN3O4. The van der Waals surface area contributed by atoms with E-state index in [9.17, 15) is 24.1 Å². The molecule has 0 spiro atoms. The predicted octanol–water partition coefficient (Wildman–Crippen LogP) is 1.68. The molecule has 0 radical (unpaired) electrons. The van der Waals surface area contributed by atoms with E-state index in [1.165, 1.54) is 29.9 Å². The van der Waals surface area contributed by atoms with Crippen LogP contribution in [0.2, 0.25) is 0 Å². The van der Waals surface area contributed by atoms with E-state index in [4.69, 9.17) is 0 Å². The van der Waals surface area contributed by atoms with Crippen LogP contribution in [0, 0.1) is 15.9 Å². The first-order chi connectivity index (χ1) is 9.88. The summed E-state index contributed by atoms with van der Waals surface area (Å²) in [6.45, 7) is 0. The number of hydrogen-bond acceptors (Lipinski definition) is 4. The van der Waals surface area contributed by atoms with Crippen LogP contribution in [0.25, 0.3) is 0 Å². The zero-order valence-electron chi connectivity index (χ0n) is 10.9. The summed E-state index contributed by atoms with van der Waals surface area (Å²) in [6, 6.07) is 5.51. The van der Waals surface area contributed by atoms with E-state index in [0.29, 0.717) is 5.69 Å². The highest BCUT2D eigenvalue weighted by Gasteiger charge is 2.17. The van der Waals surface area contributed by atoms with Gasteiger partial charge in [0, 0.05) is 30.9 Å². The number of carbonyl (C=O) groups excluding carboxylic acids is 1. The van der Waals surface area contributed by atoms with Gasteiger partial charge in [-0.25, -0.2) is 0 Å². The molecule has 7 nitrogen and oxygen atoms in total. The van der Waals surface area contributed by atoms with Crippen molar-refractivity contribution in [3.05, 3.63) is 68.4 Å². The number of benzene rings is 1. The van der Waals surface area contributed by atoms with Gasteiger partial charge in [-0.1, -0.05) is 0 Å². The second-order valence-electron chi connectivity index (χ2n) is 4.24. The van der Waals surface area contributed by atoms with Crippen molar-refractivity contribution >= 4 is 17.3 Å². The number of nitrogens with zero attached hydrogens (tertiary/aromatic N) is 2. The molecule has 0 fully saturated rings. The van der Waals surface area contributed by atoms with Gasteiger partial charge >= 0.3 is 5.69 Å². The first-order valence-electron chi connectivity index (χ1n) is 5.80. The Morgan fingerprint density at radius 3 is 2.67 bits per heavy atom. The second-order valence-corrected chi connectivity index (χ2v) is 4.24. The Hall–Kier alpha value is -3.03. The fourth-order valence-electron chi connectivity index (χ4n) is 1.66. The van der Waals surface area contributed by atoms with Crippen LogP contribution >= 0.6 is 0 Å². The molecule has 0 saturated heterocycles. The van der Waals surface area contributed by atoms with Crippen molar-refractivity contribution in [2.45, 2.75) is 0 Å². The Kier molecular flexibility index (Phi) is 3.79. The summed E-state index contributed by atoms with van der Waals surface area (Å²) in [5, 5.41) is 13.1. The third-order valence-electron chi connectivity index (χ3n) is 2.75. The molecular weight excluding hydrogens is 281 g/mol. The normalized spacial score (nSPS) is 10.2. The van der Waals surface area contributed by atoms with Crippen molar-refractivity contribution in [2.75, 3.05) is 5.32 Å². The summed E-state index contributed by atoms with van der Waals surface area (Å²) in [4.78, 5) is 32.9. The van der Waals surface area contributed by atoms with Gasteiger partial charge in [-0.15, -0.1) is 0 Å². The highest BCUT2D eigenvalue weighted by molar-refractivity contribution is 6.04. The monoisotopic (exact) mass is 291 g/mol. The molecule has 0 aliphatic carbocycles. The lowest BCUT2D eigenvalue weighted by atomic mass is 10.2. The van der Waals surface area contributed by atoms with Gasteiger partial charge in [0.05, 0.1) is 10.6 Å². The summed E-state index contributed by atoms with van der Waals surface area (Å²) in [6.07, 6.45) is 1.40. The molecule has 0 aliphatic rings. The van der Waals surface area contributed by atoms with Gasteiger partial charge in [-0.2, -0.15) is 4.39 Å². The minimum absolute atomic E-state index is 0.0584. The number of rotatable bonds is 3. The fourth-order valence-corrected chi connectivity index (χ4v) is 1.66. The molecule has 8 heteroatoms. The topological polar surface area (TPSA) is 94.2 Å². The van der Waals surface area contributed by atoms with Crippen LogP contribution in [0.1, 0.15) is 10.4 Å². The number of pyridine rings is 1. The SMILES string of the molecule is Cn1cc(NC(=O)c2ccc(F)c([N+](=O)[O-])c2)ccc1=O. The van der Waals surface area contributed by atoms with Crippen LogP contribution in [-0.2, 0) is 7.05 Å². The first-order valence-corrected chi connectivity index (χ1v) is 5.80. The number of anilines is 1. The number of aromatic nitrogens is 1. The van der Waals surface area contributed by atoms with Gasteiger partial charge in [-0.3, -0.25) is 19.7 Å².